The quantitative estimate of drug-likeness (QED) is 0.286. The smallest absolute Gasteiger partial charge is 0.320 e. The molecule has 0 radical (unpaired) electrons. The van der Waals surface area contributed by atoms with E-state index >= 15 is 0 Å². The largest absolute Gasteiger partial charge is 0.484 e. The monoisotopic (exact) mass is 555 g/mol. The average Bonchev–Trinajstić information content (AvgIpc) is 3.33. The Kier molecular flexibility index (Phi) is 7.27. The molecule has 2 atom stereocenters. The number of nitrogens with zero attached hydrogens (tertiary/aromatic N) is 5. The molecule has 3 aromatic heterocycles. The summed E-state index contributed by atoms with van der Waals surface area (Å²) in [6.07, 6.45) is 3.17. The highest BCUT2D eigenvalue weighted by atomic mass is 16.5. The van der Waals surface area contributed by atoms with E-state index in [1.54, 1.807) is 6.07 Å². The molecule has 3 heterocycles. The van der Waals surface area contributed by atoms with E-state index in [2.05, 4.69) is 51.6 Å². The van der Waals surface area contributed by atoms with Crippen LogP contribution in [0, 0.1) is 0 Å². The highest BCUT2D eigenvalue weighted by Gasteiger charge is 2.30. The predicted octanol–water partition coefficient (Wildman–Crippen LogP) is 6.09. The summed E-state index contributed by atoms with van der Waals surface area (Å²) in [5.41, 5.74) is 3.00. The molecule has 1 aliphatic rings. The number of ketones is 1. The summed E-state index contributed by atoms with van der Waals surface area (Å²) in [6, 6.07) is 12.9. The molecule has 41 heavy (non-hydrogen) atoms. The van der Waals surface area contributed by atoms with Crippen molar-refractivity contribution in [1.29, 1.82) is 0 Å². The molecule has 2 N–H and O–H groups in total. The van der Waals surface area contributed by atoms with Gasteiger partial charge in [-0.25, -0.2) is 14.8 Å². The number of pyridine rings is 1. The lowest BCUT2D eigenvalue weighted by Crippen LogP contribution is -2.36. The third-order valence-corrected chi connectivity index (χ3v) is 7.12. The van der Waals surface area contributed by atoms with Crippen LogP contribution in [0.15, 0.2) is 48.7 Å². The van der Waals surface area contributed by atoms with Crippen molar-refractivity contribution in [2.24, 2.45) is 0 Å². The molecule has 1 aliphatic carbocycles. The van der Waals surface area contributed by atoms with Crippen LogP contribution in [-0.2, 0) is 10.8 Å². The molecule has 0 bridgehead atoms. The van der Waals surface area contributed by atoms with Crippen molar-refractivity contribution < 1.29 is 14.3 Å². The average molecular weight is 556 g/mol. The third-order valence-electron chi connectivity index (χ3n) is 7.12. The maximum absolute atomic E-state index is 13.1. The van der Waals surface area contributed by atoms with Gasteiger partial charge in [-0.2, -0.15) is 0 Å². The molecule has 4 aromatic rings. The van der Waals surface area contributed by atoms with E-state index in [-0.39, 0.29) is 40.4 Å². The zero-order chi connectivity index (χ0) is 29.5. The molecule has 5 rings (SSSR count). The van der Waals surface area contributed by atoms with Gasteiger partial charge in [-0.15, -0.1) is 10.2 Å². The Labute approximate surface area is 240 Å². The van der Waals surface area contributed by atoms with Gasteiger partial charge in [0, 0.05) is 23.8 Å². The van der Waals surface area contributed by atoms with Crippen LogP contribution in [0.2, 0.25) is 0 Å². The highest BCUT2D eigenvalue weighted by Crippen LogP contribution is 2.39. The van der Waals surface area contributed by atoms with E-state index in [1.807, 2.05) is 67.8 Å². The van der Waals surface area contributed by atoms with Gasteiger partial charge in [-0.3, -0.25) is 14.5 Å². The van der Waals surface area contributed by atoms with Gasteiger partial charge in [-0.05, 0) is 36.1 Å². The molecule has 0 fully saturated rings. The number of ether oxygens (including phenoxy) is 1. The summed E-state index contributed by atoms with van der Waals surface area (Å²) < 4.78 is 8.48. The van der Waals surface area contributed by atoms with E-state index in [1.165, 1.54) is 6.92 Å². The fourth-order valence-corrected chi connectivity index (χ4v) is 5.00. The van der Waals surface area contributed by atoms with Crippen LogP contribution >= 0.6 is 0 Å². The van der Waals surface area contributed by atoms with Crippen LogP contribution in [0.3, 0.4) is 0 Å². The molecule has 0 aliphatic heterocycles. The zero-order valence-electron chi connectivity index (χ0n) is 24.6. The van der Waals surface area contributed by atoms with E-state index in [0.717, 1.165) is 28.3 Å². The van der Waals surface area contributed by atoms with Crippen molar-refractivity contribution >= 4 is 23.3 Å². The SMILES string of the molecule is CC(=O)c1nc(NC(=O)N[C@H]2CC[C@@H](Oc3ccc4nnc(C(C)(C)C)n4c3)c3ccccc32)cc(C(C)(C)C)n1. The minimum Gasteiger partial charge on any atom is -0.484 e. The number of benzene rings is 1. The number of Topliss-reactive ketones (excluding diaryl/α,β-unsaturated/α-hetero) is 1. The van der Waals surface area contributed by atoms with E-state index in [4.69, 9.17) is 4.74 Å². The summed E-state index contributed by atoms with van der Waals surface area (Å²) in [5.74, 6) is 1.70. The Balaban J connectivity index is 1.34. The van der Waals surface area contributed by atoms with Crippen LogP contribution in [-0.4, -0.2) is 36.4 Å². The number of urea groups is 1. The Morgan fingerprint density at radius 1 is 0.927 bits per heavy atom. The summed E-state index contributed by atoms with van der Waals surface area (Å²) >= 11 is 0. The minimum atomic E-state index is -0.398. The molecule has 10 heteroatoms. The second kappa shape index (κ2) is 10.6. The third kappa shape index (κ3) is 6.06. The summed E-state index contributed by atoms with van der Waals surface area (Å²) in [6.45, 7) is 13.7. The number of fused-ring (bicyclic) bond motifs is 2. The van der Waals surface area contributed by atoms with Crippen LogP contribution in [0.5, 0.6) is 5.75 Å². The normalized spacial score (nSPS) is 17.1. The molecule has 0 unspecified atom stereocenters. The number of rotatable bonds is 5. The van der Waals surface area contributed by atoms with Crippen LogP contribution < -0.4 is 15.4 Å². The predicted molar refractivity (Wildman–Crippen MR) is 156 cm³/mol. The lowest BCUT2D eigenvalue weighted by Gasteiger charge is -2.32. The Hall–Kier alpha value is -4.34. The Morgan fingerprint density at radius 3 is 2.34 bits per heavy atom. The lowest BCUT2D eigenvalue weighted by atomic mass is 9.85. The lowest BCUT2D eigenvalue weighted by molar-refractivity contribution is 0.100. The standard InChI is InChI=1S/C31H37N7O3/c1-18(39)27-33-24(30(2,3)4)16-25(34-27)35-29(40)32-22-13-14-23(21-11-9-8-10-20(21)22)41-19-12-15-26-36-37-28(31(5,6)7)38(26)17-19/h8-12,15-17,22-23H,13-14H2,1-7H3,(H2,32,33,34,35,40)/t22-,23+/m0/s1. The fraction of sp³-hybridized carbons (Fsp3) is 0.419. The fourth-order valence-electron chi connectivity index (χ4n) is 5.00. The maximum Gasteiger partial charge on any atom is 0.320 e. The van der Waals surface area contributed by atoms with Gasteiger partial charge < -0.3 is 10.1 Å². The second-order valence-electron chi connectivity index (χ2n) is 12.6. The number of hydrogen-bond donors (Lipinski definition) is 2. The van der Waals surface area contributed by atoms with Crippen LogP contribution in [0.25, 0.3) is 5.65 Å². The summed E-state index contributed by atoms with van der Waals surface area (Å²) in [4.78, 5) is 33.8. The summed E-state index contributed by atoms with van der Waals surface area (Å²) in [7, 11) is 0. The van der Waals surface area contributed by atoms with Crippen molar-refractivity contribution in [1.82, 2.24) is 29.9 Å². The highest BCUT2D eigenvalue weighted by molar-refractivity contribution is 5.92. The first kappa shape index (κ1) is 28.2. The van der Waals surface area contributed by atoms with Crippen molar-refractivity contribution in [3.8, 4) is 5.75 Å². The molecule has 0 spiro atoms. The Bertz CT molecular complexity index is 1610. The molecule has 0 saturated heterocycles. The first-order chi connectivity index (χ1) is 19.3. The first-order valence-electron chi connectivity index (χ1n) is 13.9. The molecule has 10 nitrogen and oxygen atoms in total. The van der Waals surface area contributed by atoms with Crippen molar-refractivity contribution in [3.63, 3.8) is 0 Å². The van der Waals surface area contributed by atoms with Crippen LogP contribution in [0.4, 0.5) is 10.6 Å². The zero-order valence-corrected chi connectivity index (χ0v) is 24.6. The molecular weight excluding hydrogens is 518 g/mol. The molecule has 1 aromatic carbocycles. The van der Waals surface area contributed by atoms with Crippen molar-refractivity contribution in [2.45, 2.75) is 84.3 Å². The first-order valence-corrected chi connectivity index (χ1v) is 13.9. The van der Waals surface area contributed by atoms with Gasteiger partial charge in [-0.1, -0.05) is 65.8 Å². The Morgan fingerprint density at radius 2 is 1.66 bits per heavy atom. The number of amides is 2. The number of hydrogen-bond acceptors (Lipinski definition) is 7. The number of carbonyl (C=O) groups excluding carboxylic acids is 2. The molecule has 2 amide bonds. The van der Waals surface area contributed by atoms with Crippen molar-refractivity contribution in [2.75, 3.05) is 5.32 Å². The molecular formula is C31H37N7O3. The van der Waals surface area contributed by atoms with E-state index in [9.17, 15) is 9.59 Å². The number of carbonyl (C=O) groups is 2. The van der Waals surface area contributed by atoms with Gasteiger partial charge in [0.15, 0.2) is 17.3 Å². The number of aromatic nitrogens is 5. The van der Waals surface area contributed by atoms with Gasteiger partial charge in [0.05, 0.1) is 17.9 Å². The molecule has 214 valence electrons. The second-order valence-corrected chi connectivity index (χ2v) is 12.6. The minimum absolute atomic E-state index is 0.0787. The van der Waals surface area contributed by atoms with E-state index in [0.29, 0.717) is 18.5 Å². The number of nitrogens with one attached hydrogen (secondary N) is 2. The van der Waals surface area contributed by atoms with Gasteiger partial charge in [0.1, 0.15) is 23.5 Å². The van der Waals surface area contributed by atoms with Crippen LogP contribution in [0.1, 0.15) is 107 Å². The summed E-state index contributed by atoms with van der Waals surface area (Å²) in [5, 5.41) is 14.6. The van der Waals surface area contributed by atoms with Gasteiger partial charge >= 0.3 is 6.03 Å². The maximum atomic E-state index is 13.1. The van der Waals surface area contributed by atoms with E-state index < -0.39 is 6.03 Å². The van der Waals surface area contributed by atoms with Gasteiger partial charge in [0.25, 0.3) is 0 Å². The molecule has 0 saturated carbocycles. The number of anilines is 1. The topological polar surface area (TPSA) is 123 Å². The van der Waals surface area contributed by atoms with Gasteiger partial charge in [0.2, 0.25) is 0 Å². The van der Waals surface area contributed by atoms with Crippen molar-refractivity contribution in [3.05, 3.63) is 77.1 Å².